The highest BCUT2D eigenvalue weighted by Crippen LogP contribution is 2.45. The molecule has 0 fully saturated rings. The van der Waals surface area contributed by atoms with E-state index in [1.165, 1.54) is 99.6 Å². The smallest absolute Gasteiger partial charge is 0.137 e. The molecule has 0 saturated heterocycles. The standard InChI is InChI=1S/C50H38N4/c1-31-9-13-33(14-10-31)35-19-21-45-41(25-35)43-27-37-17-18-38-28-44-42-26-36(34-15-11-32(2)12-16-34)20-22-46(42)54(50-8-4-6-24-52-50)48(44)30-40(38)39(37)29-47(43)53(45)49-7-3-5-23-51-49/h3-16,19,21,23-30H,17-18,20,22H2,1-2H3. The number of hydrogen-bond acceptors (Lipinski definition) is 2. The number of hydrogen-bond donors (Lipinski definition) is 0. The van der Waals surface area contributed by atoms with Crippen molar-refractivity contribution in [2.24, 2.45) is 0 Å². The first-order chi connectivity index (χ1) is 26.6. The van der Waals surface area contributed by atoms with Gasteiger partial charge in [0.25, 0.3) is 0 Å². The van der Waals surface area contributed by atoms with Gasteiger partial charge in [-0.05, 0) is 151 Å². The lowest BCUT2D eigenvalue weighted by molar-refractivity contribution is 0.879. The fourth-order valence-corrected chi connectivity index (χ4v) is 9.06. The van der Waals surface area contributed by atoms with Gasteiger partial charge in [-0.1, -0.05) is 77.9 Å². The average molecular weight is 695 g/mol. The summed E-state index contributed by atoms with van der Waals surface area (Å²) in [5.41, 5.74) is 19.4. The van der Waals surface area contributed by atoms with E-state index in [0.717, 1.165) is 37.3 Å². The number of aromatic nitrogens is 4. The molecule has 2 aliphatic carbocycles. The molecule has 4 heteroatoms. The normalized spacial score (nSPS) is 13.6. The van der Waals surface area contributed by atoms with Crippen molar-refractivity contribution in [1.82, 2.24) is 19.1 Å². The zero-order valence-electron chi connectivity index (χ0n) is 30.5. The Labute approximate surface area is 314 Å². The number of aryl methyl sites for hydroxylation is 4. The van der Waals surface area contributed by atoms with E-state index in [4.69, 9.17) is 9.97 Å². The molecule has 4 nitrogen and oxygen atoms in total. The molecule has 4 heterocycles. The van der Waals surface area contributed by atoms with Gasteiger partial charge in [0.05, 0.1) is 16.6 Å². The summed E-state index contributed by atoms with van der Waals surface area (Å²) in [6.45, 7) is 4.30. The van der Waals surface area contributed by atoms with Crippen LogP contribution in [0.25, 0.3) is 78.2 Å². The van der Waals surface area contributed by atoms with Crippen LogP contribution >= 0.6 is 0 Å². The molecule has 54 heavy (non-hydrogen) atoms. The fourth-order valence-electron chi connectivity index (χ4n) is 9.06. The number of fused-ring (bicyclic) bond motifs is 9. The maximum absolute atomic E-state index is 4.90. The van der Waals surface area contributed by atoms with Crippen LogP contribution in [0, 0.1) is 13.8 Å². The summed E-state index contributed by atoms with van der Waals surface area (Å²) >= 11 is 0. The quantitative estimate of drug-likeness (QED) is 0.184. The second kappa shape index (κ2) is 12.0. The number of nitrogens with zero attached hydrogens (tertiary/aromatic N) is 4. The summed E-state index contributed by atoms with van der Waals surface area (Å²) in [6.07, 6.45) is 10.2. The van der Waals surface area contributed by atoms with Crippen molar-refractivity contribution in [3.63, 3.8) is 0 Å². The van der Waals surface area contributed by atoms with Gasteiger partial charge < -0.3 is 0 Å². The number of benzene rings is 5. The molecule has 4 aromatic heterocycles. The molecule has 0 radical (unpaired) electrons. The van der Waals surface area contributed by atoms with Gasteiger partial charge in [0.1, 0.15) is 11.6 Å². The van der Waals surface area contributed by atoms with Crippen molar-refractivity contribution >= 4 is 44.4 Å². The Kier molecular flexibility index (Phi) is 6.90. The van der Waals surface area contributed by atoms with E-state index >= 15 is 0 Å². The Bertz CT molecular complexity index is 2960. The van der Waals surface area contributed by atoms with Crippen LogP contribution < -0.4 is 0 Å². The first kappa shape index (κ1) is 31.0. The SMILES string of the molecule is Cc1ccc(C2=Cc3c(n(-c4ccccn4)c4cc5c(cc34)CCc3cc4c6cc(-c7ccc(C)cc7)ccc6n(-c6ccccn6)c4cc3-5)CC2)cc1. The van der Waals surface area contributed by atoms with Crippen LogP contribution in [0.5, 0.6) is 0 Å². The molecule has 0 N–H and O–H groups in total. The monoisotopic (exact) mass is 694 g/mol. The van der Waals surface area contributed by atoms with Gasteiger partial charge in [-0.3, -0.25) is 9.13 Å². The summed E-state index contributed by atoms with van der Waals surface area (Å²) in [4.78, 5) is 9.77. The maximum Gasteiger partial charge on any atom is 0.137 e. The van der Waals surface area contributed by atoms with Crippen LogP contribution in [0.15, 0.2) is 140 Å². The van der Waals surface area contributed by atoms with E-state index in [0.29, 0.717) is 0 Å². The Hall–Kier alpha value is -6.52. The molecule has 0 saturated carbocycles. The summed E-state index contributed by atoms with van der Waals surface area (Å²) < 4.78 is 4.78. The molecule has 2 aliphatic rings. The van der Waals surface area contributed by atoms with Gasteiger partial charge in [0.15, 0.2) is 0 Å². The van der Waals surface area contributed by atoms with E-state index in [1.807, 2.05) is 24.5 Å². The van der Waals surface area contributed by atoms with Crippen LogP contribution in [0.3, 0.4) is 0 Å². The number of allylic oxidation sites excluding steroid dienone is 1. The molecule has 0 atom stereocenters. The van der Waals surface area contributed by atoms with Gasteiger partial charge in [-0.15, -0.1) is 0 Å². The van der Waals surface area contributed by atoms with Crippen molar-refractivity contribution in [3.05, 3.63) is 179 Å². The zero-order chi connectivity index (χ0) is 35.9. The number of rotatable bonds is 4. The average Bonchev–Trinajstić information content (AvgIpc) is 3.71. The molecule has 0 bridgehead atoms. The second-order valence-corrected chi connectivity index (χ2v) is 15.1. The van der Waals surface area contributed by atoms with Crippen LogP contribution in [-0.4, -0.2) is 19.1 Å². The van der Waals surface area contributed by atoms with E-state index in [2.05, 4.69) is 144 Å². The van der Waals surface area contributed by atoms with Gasteiger partial charge in [0, 0.05) is 39.8 Å². The first-order valence-electron chi connectivity index (χ1n) is 19.1. The van der Waals surface area contributed by atoms with E-state index < -0.39 is 0 Å². The molecule has 0 unspecified atom stereocenters. The molecule has 5 aromatic carbocycles. The topological polar surface area (TPSA) is 35.6 Å². The van der Waals surface area contributed by atoms with Crippen LogP contribution in [0.4, 0.5) is 0 Å². The molecule has 0 aliphatic heterocycles. The lowest BCUT2D eigenvalue weighted by atomic mass is 9.83. The fraction of sp³-hybridized carbons (Fsp3) is 0.120. The van der Waals surface area contributed by atoms with Crippen molar-refractivity contribution in [1.29, 1.82) is 0 Å². The predicted molar refractivity (Wildman–Crippen MR) is 224 cm³/mol. The predicted octanol–water partition coefficient (Wildman–Crippen LogP) is 12.1. The molecule has 258 valence electrons. The van der Waals surface area contributed by atoms with Crippen molar-refractivity contribution in [2.75, 3.05) is 0 Å². The largest absolute Gasteiger partial charge is 0.298 e. The Morgan fingerprint density at radius 2 is 1.04 bits per heavy atom. The van der Waals surface area contributed by atoms with Crippen LogP contribution in [-0.2, 0) is 19.3 Å². The minimum absolute atomic E-state index is 0.930. The number of pyridine rings is 2. The van der Waals surface area contributed by atoms with Gasteiger partial charge in [-0.25, -0.2) is 9.97 Å². The molecule has 0 spiro atoms. The van der Waals surface area contributed by atoms with E-state index in [-0.39, 0.29) is 0 Å². The Morgan fingerprint density at radius 1 is 0.463 bits per heavy atom. The Morgan fingerprint density at radius 3 is 1.69 bits per heavy atom. The first-order valence-corrected chi connectivity index (χ1v) is 19.1. The summed E-state index contributed by atoms with van der Waals surface area (Å²) in [7, 11) is 0. The van der Waals surface area contributed by atoms with E-state index in [9.17, 15) is 0 Å². The lowest BCUT2D eigenvalue weighted by Gasteiger charge is -2.21. The highest BCUT2D eigenvalue weighted by Gasteiger charge is 2.27. The molecular formula is C50H38N4. The molecular weight excluding hydrogens is 657 g/mol. The molecule has 11 rings (SSSR count). The third kappa shape index (κ3) is 4.83. The summed E-state index contributed by atoms with van der Waals surface area (Å²) in [5, 5.41) is 3.84. The van der Waals surface area contributed by atoms with E-state index in [1.54, 1.807) is 0 Å². The van der Waals surface area contributed by atoms with Gasteiger partial charge in [0.2, 0.25) is 0 Å². The van der Waals surface area contributed by atoms with Gasteiger partial charge in [-0.2, -0.15) is 0 Å². The molecule has 9 aromatic rings. The van der Waals surface area contributed by atoms with Crippen LogP contribution in [0.1, 0.15) is 45.5 Å². The lowest BCUT2D eigenvalue weighted by Crippen LogP contribution is -2.07. The minimum Gasteiger partial charge on any atom is -0.298 e. The van der Waals surface area contributed by atoms with Crippen molar-refractivity contribution in [2.45, 2.75) is 39.5 Å². The molecule has 0 amide bonds. The minimum atomic E-state index is 0.930. The Balaban J connectivity index is 1.15. The summed E-state index contributed by atoms with van der Waals surface area (Å²) in [6, 6.07) is 47.1. The zero-order valence-corrected chi connectivity index (χ0v) is 30.5. The van der Waals surface area contributed by atoms with Gasteiger partial charge >= 0.3 is 0 Å². The van der Waals surface area contributed by atoms with Crippen LogP contribution in [0.2, 0.25) is 0 Å². The highest BCUT2D eigenvalue weighted by molar-refractivity contribution is 6.12. The second-order valence-electron chi connectivity index (χ2n) is 15.1. The maximum atomic E-state index is 4.90. The third-order valence-corrected chi connectivity index (χ3v) is 11.8. The van der Waals surface area contributed by atoms with Crippen molar-refractivity contribution < 1.29 is 0 Å². The highest BCUT2D eigenvalue weighted by atomic mass is 15.1. The third-order valence-electron chi connectivity index (χ3n) is 11.8. The van der Waals surface area contributed by atoms with Crippen molar-refractivity contribution in [3.8, 4) is 33.9 Å². The summed E-state index contributed by atoms with van der Waals surface area (Å²) in [5.74, 6) is 1.90.